The van der Waals surface area contributed by atoms with Gasteiger partial charge in [0.05, 0.1) is 23.9 Å². The van der Waals surface area contributed by atoms with Crippen molar-refractivity contribution in [2.75, 3.05) is 6.61 Å². The van der Waals surface area contributed by atoms with E-state index in [1.807, 2.05) is 6.07 Å². The van der Waals surface area contributed by atoms with Gasteiger partial charge >= 0.3 is 12.1 Å². The highest BCUT2D eigenvalue weighted by Crippen LogP contribution is 2.42. The van der Waals surface area contributed by atoms with E-state index in [0.717, 1.165) is 5.01 Å². The number of carbonyl (C=O) groups excluding carboxylic acids is 3. The van der Waals surface area contributed by atoms with Crippen LogP contribution in [0.5, 0.6) is 0 Å². The van der Waals surface area contributed by atoms with Crippen LogP contribution in [0.15, 0.2) is 41.6 Å². The maximum Gasteiger partial charge on any atom is 0.427 e. The average molecular weight is 385 g/mol. The molecule has 1 atom stereocenters. The Bertz CT molecular complexity index is 864. The fourth-order valence-corrected chi connectivity index (χ4v) is 2.97. The van der Waals surface area contributed by atoms with Gasteiger partial charge in [-0.25, -0.2) is 20.0 Å². The summed E-state index contributed by atoms with van der Waals surface area (Å²) < 4.78 is 10.3. The molecule has 0 bridgehead atoms. The first-order valence-electron chi connectivity index (χ1n) is 8.78. The van der Waals surface area contributed by atoms with Gasteiger partial charge in [0.15, 0.2) is 5.41 Å². The summed E-state index contributed by atoms with van der Waals surface area (Å²) in [6.07, 6.45) is -0.884. The zero-order valence-electron chi connectivity index (χ0n) is 16.5. The predicted octanol–water partition coefficient (Wildman–Crippen LogP) is 2.57. The summed E-state index contributed by atoms with van der Waals surface area (Å²) in [5, 5.41) is 10.9. The number of nitrogens with one attached hydrogen (secondary N) is 1. The van der Waals surface area contributed by atoms with E-state index in [4.69, 9.17) is 9.47 Å². The number of hydrogen-bond acceptors (Lipinski definition) is 6. The van der Waals surface area contributed by atoms with Crippen LogP contribution in [0.3, 0.4) is 0 Å². The van der Waals surface area contributed by atoms with E-state index < -0.39 is 29.0 Å². The Kier molecular flexibility index (Phi) is 5.78. The van der Waals surface area contributed by atoms with Crippen LogP contribution in [-0.2, 0) is 24.5 Å². The SMILES string of the molecule is CCOC(=O)C1=C(C)N(NC(=O)OC(C)(C)C)C(=O)C1(C#N)c1ccccc1. The van der Waals surface area contributed by atoms with Crippen LogP contribution in [0.25, 0.3) is 0 Å². The first-order valence-corrected chi connectivity index (χ1v) is 8.78. The van der Waals surface area contributed by atoms with Gasteiger partial charge in [-0.3, -0.25) is 4.79 Å². The number of rotatable bonds is 4. The van der Waals surface area contributed by atoms with Crippen LogP contribution in [0, 0.1) is 11.3 Å². The summed E-state index contributed by atoms with van der Waals surface area (Å²) in [6.45, 7) is 8.18. The molecule has 0 saturated carbocycles. The van der Waals surface area contributed by atoms with Crippen LogP contribution in [0.2, 0.25) is 0 Å². The largest absolute Gasteiger partial charge is 0.463 e. The van der Waals surface area contributed by atoms with E-state index >= 15 is 0 Å². The highest BCUT2D eigenvalue weighted by molar-refractivity contribution is 6.11. The normalized spacial score (nSPS) is 19.3. The fraction of sp³-hybridized carbons (Fsp3) is 0.400. The Morgan fingerprint density at radius 2 is 1.86 bits per heavy atom. The molecule has 2 rings (SSSR count). The first-order chi connectivity index (χ1) is 13.1. The van der Waals surface area contributed by atoms with Crippen molar-refractivity contribution in [2.45, 2.75) is 45.6 Å². The molecule has 0 saturated heterocycles. The Morgan fingerprint density at radius 1 is 1.25 bits per heavy atom. The molecule has 0 aromatic heterocycles. The Morgan fingerprint density at radius 3 is 2.36 bits per heavy atom. The third kappa shape index (κ3) is 3.69. The number of hydrogen-bond donors (Lipinski definition) is 1. The van der Waals surface area contributed by atoms with Crippen LogP contribution in [-0.4, -0.2) is 35.2 Å². The maximum absolute atomic E-state index is 13.3. The van der Waals surface area contributed by atoms with Crippen LogP contribution >= 0.6 is 0 Å². The molecule has 1 aromatic rings. The molecule has 148 valence electrons. The third-order valence-corrected chi connectivity index (χ3v) is 4.05. The molecule has 2 amide bonds. The lowest BCUT2D eigenvalue weighted by molar-refractivity contribution is -0.140. The molecule has 1 unspecified atom stereocenters. The topological polar surface area (TPSA) is 109 Å². The molecule has 1 aliphatic heterocycles. The van der Waals surface area contributed by atoms with E-state index in [2.05, 4.69) is 5.43 Å². The predicted molar refractivity (Wildman–Crippen MR) is 99.3 cm³/mol. The minimum absolute atomic E-state index is 0.0690. The summed E-state index contributed by atoms with van der Waals surface area (Å²) >= 11 is 0. The van der Waals surface area contributed by atoms with E-state index in [1.54, 1.807) is 58.0 Å². The van der Waals surface area contributed by atoms with Gasteiger partial charge in [-0.05, 0) is 40.2 Å². The quantitative estimate of drug-likeness (QED) is 0.798. The third-order valence-electron chi connectivity index (χ3n) is 4.05. The fourth-order valence-electron chi connectivity index (χ4n) is 2.97. The lowest BCUT2D eigenvalue weighted by Gasteiger charge is -2.26. The summed E-state index contributed by atoms with van der Waals surface area (Å²) in [4.78, 5) is 38.1. The number of hydrazine groups is 1. The van der Waals surface area contributed by atoms with Gasteiger partial charge in [-0.2, -0.15) is 5.26 Å². The van der Waals surface area contributed by atoms with Gasteiger partial charge in [0.25, 0.3) is 5.91 Å². The maximum atomic E-state index is 13.3. The Hall–Kier alpha value is -3.34. The molecule has 8 heteroatoms. The first kappa shape index (κ1) is 21.0. The highest BCUT2D eigenvalue weighted by atomic mass is 16.6. The van der Waals surface area contributed by atoms with Gasteiger partial charge < -0.3 is 9.47 Å². The molecule has 1 N–H and O–H groups in total. The van der Waals surface area contributed by atoms with Crippen molar-refractivity contribution in [3.05, 3.63) is 47.2 Å². The number of esters is 1. The molecule has 0 radical (unpaired) electrons. The second-order valence-corrected chi connectivity index (χ2v) is 7.16. The molecule has 1 aliphatic rings. The lowest BCUT2D eigenvalue weighted by Crippen LogP contribution is -2.49. The number of allylic oxidation sites excluding steroid dienone is 1. The van der Waals surface area contributed by atoms with E-state index in [-0.39, 0.29) is 17.9 Å². The van der Waals surface area contributed by atoms with Crippen molar-refractivity contribution in [3.8, 4) is 6.07 Å². The molecule has 0 aliphatic carbocycles. The van der Waals surface area contributed by atoms with Crippen LogP contribution in [0.4, 0.5) is 4.79 Å². The van der Waals surface area contributed by atoms with Crippen molar-refractivity contribution in [1.29, 1.82) is 5.26 Å². The smallest absolute Gasteiger partial charge is 0.427 e. The lowest BCUT2D eigenvalue weighted by atomic mass is 9.76. The van der Waals surface area contributed by atoms with Crippen molar-refractivity contribution in [1.82, 2.24) is 10.4 Å². The zero-order valence-corrected chi connectivity index (χ0v) is 16.5. The molecule has 8 nitrogen and oxygen atoms in total. The summed E-state index contributed by atoms with van der Waals surface area (Å²) in [7, 11) is 0. The van der Waals surface area contributed by atoms with Gasteiger partial charge in [-0.15, -0.1) is 0 Å². The number of carbonyl (C=O) groups is 3. The van der Waals surface area contributed by atoms with Crippen molar-refractivity contribution >= 4 is 18.0 Å². The second kappa shape index (κ2) is 7.72. The molecule has 1 aromatic carbocycles. The number of nitriles is 1. The summed E-state index contributed by atoms with van der Waals surface area (Å²) in [5.74, 6) is -1.58. The molecule has 1 heterocycles. The van der Waals surface area contributed by atoms with E-state index in [1.165, 1.54) is 6.92 Å². The number of nitrogens with zero attached hydrogens (tertiary/aromatic N) is 2. The molecule has 0 fully saturated rings. The van der Waals surface area contributed by atoms with Crippen LogP contribution in [0.1, 0.15) is 40.2 Å². The monoisotopic (exact) mass is 385 g/mol. The standard InChI is InChI=1S/C20H23N3O5/c1-6-27-16(24)15-13(2)23(22-18(26)28-19(3,4)5)17(25)20(15,12-21)14-10-8-7-9-11-14/h7-11H,6H2,1-5H3,(H,22,26). The highest BCUT2D eigenvalue weighted by Gasteiger charge is 2.57. The number of benzene rings is 1. The number of ether oxygens (including phenoxy) is 2. The average Bonchev–Trinajstić information content (AvgIpc) is 2.83. The molecular weight excluding hydrogens is 362 g/mol. The van der Waals surface area contributed by atoms with Gasteiger partial charge in [0.2, 0.25) is 0 Å². The van der Waals surface area contributed by atoms with Crippen molar-refractivity contribution in [2.24, 2.45) is 0 Å². The minimum atomic E-state index is -1.94. The Labute approximate surface area is 163 Å². The van der Waals surface area contributed by atoms with E-state index in [0.29, 0.717) is 5.56 Å². The van der Waals surface area contributed by atoms with Gasteiger partial charge in [-0.1, -0.05) is 30.3 Å². The minimum Gasteiger partial charge on any atom is -0.463 e. The van der Waals surface area contributed by atoms with Crippen LogP contribution < -0.4 is 5.43 Å². The summed E-state index contributed by atoms with van der Waals surface area (Å²) in [6, 6.07) is 10.2. The second-order valence-electron chi connectivity index (χ2n) is 7.16. The van der Waals surface area contributed by atoms with E-state index in [9.17, 15) is 19.6 Å². The molecule has 0 spiro atoms. The zero-order chi connectivity index (χ0) is 21.1. The van der Waals surface area contributed by atoms with Crippen molar-refractivity contribution < 1.29 is 23.9 Å². The van der Waals surface area contributed by atoms with Crippen molar-refractivity contribution in [3.63, 3.8) is 0 Å². The molecular formula is C20H23N3O5. The van der Waals surface area contributed by atoms with Gasteiger partial charge in [0, 0.05) is 0 Å². The van der Waals surface area contributed by atoms with Gasteiger partial charge in [0.1, 0.15) is 5.60 Å². The number of amides is 2. The summed E-state index contributed by atoms with van der Waals surface area (Å²) in [5.41, 5.74) is -0.137. The Balaban J connectivity index is 2.57. The molecule has 28 heavy (non-hydrogen) atoms.